The Labute approximate surface area is 179 Å². The molecular formula is C24H32N4O2. The summed E-state index contributed by atoms with van der Waals surface area (Å²) in [6.07, 6.45) is 2.67. The summed E-state index contributed by atoms with van der Waals surface area (Å²) in [5, 5.41) is 11.6. The van der Waals surface area contributed by atoms with Crippen LogP contribution in [0.4, 0.5) is 5.82 Å². The van der Waals surface area contributed by atoms with Crippen molar-refractivity contribution < 1.29 is 9.53 Å². The molecule has 1 unspecified atom stereocenters. The molecule has 6 nitrogen and oxygen atoms in total. The van der Waals surface area contributed by atoms with Crippen LogP contribution in [0.2, 0.25) is 0 Å². The second-order valence-electron chi connectivity index (χ2n) is 8.81. The van der Waals surface area contributed by atoms with E-state index in [0.29, 0.717) is 5.75 Å². The van der Waals surface area contributed by atoms with Crippen molar-refractivity contribution in [2.24, 2.45) is 0 Å². The monoisotopic (exact) mass is 408 g/mol. The maximum Gasteiger partial charge on any atom is 0.266 e. The van der Waals surface area contributed by atoms with Crippen LogP contribution in [0.1, 0.15) is 78.3 Å². The van der Waals surface area contributed by atoms with Gasteiger partial charge in [-0.3, -0.25) is 4.79 Å². The largest absolute Gasteiger partial charge is 0.481 e. The molecule has 0 saturated carbocycles. The Kier molecular flexibility index (Phi) is 7.20. The second-order valence-corrected chi connectivity index (χ2v) is 8.81. The summed E-state index contributed by atoms with van der Waals surface area (Å²) in [6.45, 7) is 14.9. The van der Waals surface area contributed by atoms with Crippen molar-refractivity contribution >= 4 is 11.7 Å². The molecule has 0 aliphatic heterocycles. The Morgan fingerprint density at radius 2 is 1.83 bits per heavy atom. The first kappa shape index (κ1) is 23.3. The van der Waals surface area contributed by atoms with Crippen LogP contribution in [0, 0.1) is 11.3 Å². The molecule has 0 saturated heterocycles. The first-order chi connectivity index (χ1) is 14.0. The molecule has 0 spiro atoms. The summed E-state index contributed by atoms with van der Waals surface area (Å²) >= 11 is 0. The zero-order valence-corrected chi connectivity index (χ0v) is 19.0. The fourth-order valence-corrected chi connectivity index (χ4v) is 2.93. The number of anilines is 1. The van der Waals surface area contributed by atoms with E-state index in [1.165, 1.54) is 11.8 Å². The standard InChI is InChI=1S/C24H32N4O2/c1-8-23(4,5)17-10-11-19(18(14-17)24(6,7)9-2)30-16(3)22(29)28-20-12-13-26-21(15-25)27-20/h10-14,16H,8-9H2,1-7H3,(H,26,27,28,29). The van der Waals surface area contributed by atoms with E-state index >= 15 is 0 Å². The van der Waals surface area contributed by atoms with Gasteiger partial charge in [0.05, 0.1) is 0 Å². The molecule has 1 aromatic carbocycles. The zero-order valence-electron chi connectivity index (χ0n) is 19.0. The molecule has 6 heteroatoms. The number of amides is 1. The number of hydrogen-bond donors (Lipinski definition) is 1. The van der Waals surface area contributed by atoms with Gasteiger partial charge in [0.2, 0.25) is 5.82 Å². The molecule has 1 heterocycles. The van der Waals surface area contributed by atoms with Crippen LogP contribution in [0.3, 0.4) is 0 Å². The second kappa shape index (κ2) is 9.25. The van der Waals surface area contributed by atoms with Crippen molar-refractivity contribution in [3.8, 4) is 11.8 Å². The number of ether oxygens (including phenoxy) is 1. The summed E-state index contributed by atoms with van der Waals surface area (Å²) in [5.74, 6) is 0.648. The van der Waals surface area contributed by atoms with Gasteiger partial charge in [-0.25, -0.2) is 9.97 Å². The number of carbonyl (C=O) groups is 1. The van der Waals surface area contributed by atoms with Gasteiger partial charge in [0, 0.05) is 11.8 Å². The van der Waals surface area contributed by atoms with Crippen LogP contribution in [-0.2, 0) is 15.6 Å². The highest BCUT2D eigenvalue weighted by molar-refractivity contribution is 5.93. The molecule has 0 radical (unpaired) electrons. The topological polar surface area (TPSA) is 87.9 Å². The summed E-state index contributed by atoms with van der Waals surface area (Å²) in [7, 11) is 0. The Morgan fingerprint density at radius 3 is 2.43 bits per heavy atom. The van der Waals surface area contributed by atoms with Gasteiger partial charge in [-0.15, -0.1) is 0 Å². The van der Waals surface area contributed by atoms with E-state index in [-0.39, 0.29) is 28.4 Å². The van der Waals surface area contributed by atoms with Crippen molar-refractivity contribution in [1.29, 1.82) is 5.26 Å². The minimum absolute atomic E-state index is 0.00230. The van der Waals surface area contributed by atoms with Gasteiger partial charge in [-0.05, 0) is 48.3 Å². The first-order valence-electron chi connectivity index (χ1n) is 10.4. The molecular weight excluding hydrogens is 376 g/mol. The average Bonchev–Trinajstić information content (AvgIpc) is 2.73. The van der Waals surface area contributed by atoms with Crippen LogP contribution < -0.4 is 10.1 Å². The summed E-state index contributed by atoms with van der Waals surface area (Å²) < 4.78 is 6.11. The molecule has 2 rings (SSSR count). The minimum atomic E-state index is -0.734. The third-order valence-electron chi connectivity index (χ3n) is 5.94. The molecule has 1 aromatic heterocycles. The van der Waals surface area contributed by atoms with Crippen LogP contribution in [0.5, 0.6) is 5.75 Å². The van der Waals surface area contributed by atoms with Crippen LogP contribution in [0.15, 0.2) is 30.5 Å². The van der Waals surface area contributed by atoms with E-state index in [1.807, 2.05) is 12.1 Å². The fourth-order valence-electron chi connectivity index (χ4n) is 2.93. The zero-order chi connectivity index (χ0) is 22.5. The Bertz CT molecular complexity index is 944. The third-order valence-corrected chi connectivity index (χ3v) is 5.94. The quantitative estimate of drug-likeness (QED) is 0.654. The summed E-state index contributed by atoms with van der Waals surface area (Å²) in [4.78, 5) is 20.4. The van der Waals surface area contributed by atoms with Gasteiger partial charge in [-0.1, -0.05) is 53.7 Å². The van der Waals surface area contributed by atoms with Crippen molar-refractivity contribution in [3.05, 3.63) is 47.4 Å². The van der Waals surface area contributed by atoms with Crippen molar-refractivity contribution in [3.63, 3.8) is 0 Å². The smallest absolute Gasteiger partial charge is 0.266 e. The van der Waals surface area contributed by atoms with Gasteiger partial charge in [-0.2, -0.15) is 5.26 Å². The highest BCUT2D eigenvalue weighted by Crippen LogP contribution is 2.38. The lowest BCUT2D eigenvalue weighted by molar-refractivity contribution is -0.122. The molecule has 2 aromatic rings. The Hall–Kier alpha value is -2.94. The van der Waals surface area contributed by atoms with E-state index < -0.39 is 6.10 Å². The summed E-state index contributed by atoms with van der Waals surface area (Å²) in [6, 6.07) is 9.68. The van der Waals surface area contributed by atoms with Crippen molar-refractivity contribution in [2.75, 3.05) is 5.32 Å². The fraction of sp³-hybridized carbons (Fsp3) is 0.500. The Morgan fingerprint density at radius 1 is 1.17 bits per heavy atom. The number of rotatable bonds is 8. The van der Waals surface area contributed by atoms with Gasteiger partial charge in [0.15, 0.2) is 6.10 Å². The predicted molar refractivity (Wildman–Crippen MR) is 119 cm³/mol. The van der Waals surface area contributed by atoms with Gasteiger partial charge >= 0.3 is 0 Å². The van der Waals surface area contributed by atoms with E-state index in [0.717, 1.165) is 18.4 Å². The number of carbonyl (C=O) groups excluding carboxylic acids is 1. The molecule has 0 aliphatic carbocycles. The molecule has 160 valence electrons. The highest BCUT2D eigenvalue weighted by Gasteiger charge is 2.28. The van der Waals surface area contributed by atoms with E-state index in [9.17, 15) is 4.79 Å². The lowest BCUT2D eigenvalue weighted by atomic mass is 9.76. The lowest BCUT2D eigenvalue weighted by Crippen LogP contribution is -2.31. The Balaban J connectivity index is 2.29. The molecule has 1 amide bonds. The molecule has 0 bridgehead atoms. The molecule has 0 fully saturated rings. The number of nitrogens with one attached hydrogen (secondary N) is 1. The minimum Gasteiger partial charge on any atom is -0.481 e. The van der Waals surface area contributed by atoms with Gasteiger partial charge < -0.3 is 10.1 Å². The maximum absolute atomic E-state index is 12.6. The van der Waals surface area contributed by atoms with Crippen LogP contribution >= 0.6 is 0 Å². The third kappa shape index (κ3) is 5.35. The number of nitriles is 1. The first-order valence-corrected chi connectivity index (χ1v) is 10.4. The molecule has 1 atom stereocenters. The number of nitrogens with zero attached hydrogens (tertiary/aromatic N) is 3. The molecule has 1 N–H and O–H groups in total. The van der Waals surface area contributed by atoms with Crippen molar-refractivity contribution in [1.82, 2.24) is 9.97 Å². The van der Waals surface area contributed by atoms with E-state index in [2.05, 4.69) is 69.0 Å². The number of benzene rings is 1. The lowest BCUT2D eigenvalue weighted by Gasteiger charge is -2.31. The van der Waals surface area contributed by atoms with Crippen molar-refractivity contribution in [2.45, 2.75) is 78.2 Å². The van der Waals surface area contributed by atoms with E-state index in [4.69, 9.17) is 10.00 Å². The molecule has 0 aliphatic rings. The molecule has 30 heavy (non-hydrogen) atoms. The SMILES string of the molecule is CCC(C)(C)c1ccc(OC(C)C(=O)Nc2ccnc(C#N)n2)c(C(C)(C)CC)c1. The number of hydrogen-bond acceptors (Lipinski definition) is 5. The van der Waals surface area contributed by atoms with E-state index in [1.54, 1.807) is 13.0 Å². The van der Waals surface area contributed by atoms with Gasteiger partial charge in [0.25, 0.3) is 5.91 Å². The van der Waals surface area contributed by atoms with Gasteiger partial charge in [0.1, 0.15) is 17.6 Å². The maximum atomic E-state index is 12.6. The highest BCUT2D eigenvalue weighted by atomic mass is 16.5. The van der Waals surface area contributed by atoms with Crippen LogP contribution in [-0.4, -0.2) is 22.0 Å². The normalized spacial score (nSPS) is 12.7. The number of aromatic nitrogens is 2. The average molecular weight is 409 g/mol. The van der Waals surface area contributed by atoms with Crippen LogP contribution in [0.25, 0.3) is 0 Å². The predicted octanol–water partition coefficient (Wildman–Crippen LogP) is 5.13. The summed E-state index contributed by atoms with van der Waals surface area (Å²) in [5.41, 5.74) is 2.32.